The van der Waals surface area contributed by atoms with Crippen LogP contribution in [0, 0.1) is 18.3 Å². The van der Waals surface area contributed by atoms with Gasteiger partial charge in [-0.15, -0.1) is 0 Å². The SMILES string of the molecule is COc1c(C(C)(C)C2=C([SiH](C)C)C(C(C)(C)C)C=C2)cc(C)cc1[Si](C)(C)C. The molecule has 3 heteroatoms. The lowest BCUT2D eigenvalue weighted by molar-refractivity contribution is 0.339. The molecule has 0 aliphatic heterocycles. The summed E-state index contributed by atoms with van der Waals surface area (Å²) in [7, 11) is -0.622. The van der Waals surface area contributed by atoms with Crippen LogP contribution in [0.15, 0.2) is 35.1 Å². The molecule has 0 saturated heterocycles. The van der Waals surface area contributed by atoms with Gasteiger partial charge in [0.15, 0.2) is 0 Å². The third-order valence-electron chi connectivity index (χ3n) is 6.25. The first kappa shape index (κ1) is 23.2. The maximum atomic E-state index is 6.09. The third-order valence-corrected chi connectivity index (χ3v) is 10.2. The number of aryl methyl sites for hydroxylation is 1. The Morgan fingerprint density at radius 3 is 2.00 bits per heavy atom. The monoisotopic (exact) mass is 414 g/mol. The van der Waals surface area contributed by atoms with Gasteiger partial charge in [-0.05, 0) is 29.0 Å². The number of hydrogen-bond acceptors (Lipinski definition) is 1. The second-order valence-electron chi connectivity index (χ2n) is 11.5. The highest BCUT2D eigenvalue weighted by Gasteiger charge is 2.40. The second-order valence-corrected chi connectivity index (χ2v) is 19.5. The van der Waals surface area contributed by atoms with Gasteiger partial charge in [-0.25, -0.2) is 0 Å². The fraction of sp³-hybridized carbons (Fsp3) is 0.600. The molecule has 1 atom stereocenters. The first-order chi connectivity index (χ1) is 12.6. The van der Waals surface area contributed by atoms with Crippen LogP contribution in [-0.2, 0) is 5.41 Å². The normalized spacial score (nSPS) is 18.4. The zero-order valence-electron chi connectivity index (χ0n) is 20.4. The van der Waals surface area contributed by atoms with Gasteiger partial charge in [-0.2, -0.15) is 0 Å². The molecule has 0 heterocycles. The summed E-state index contributed by atoms with van der Waals surface area (Å²) in [5, 5.41) is 3.17. The number of ether oxygens (including phenoxy) is 1. The summed E-state index contributed by atoms with van der Waals surface area (Å²) < 4.78 is 6.09. The van der Waals surface area contributed by atoms with E-state index < -0.39 is 16.9 Å². The highest BCUT2D eigenvalue weighted by Crippen LogP contribution is 2.48. The van der Waals surface area contributed by atoms with Crippen LogP contribution in [0.1, 0.15) is 45.7 Å². The van der Waals surface area contributed by atoms with E-state index in [0.29, 0.717) is 5.92 Å². The number of hydrogen-bond donors (Lipinski definition) is 0. The molecule has 0 fully saturated rings. The molecule has 0 radical (unpaired) electrons. The van der Waals surface area contributed by atoms with Gasteiger partial charge in [0, 0.05) is 11.0 Å². The van der Waals surface area contributed by atoms with E-state index in [-0.39, 0.29) is 10.8 Å². The quantitative estimate of drug-likeness (QED) is 0.508. The first-order valence-electron chi connectivity index (χ1n) is 10.7. The summed E-state index contributed by atoms with van der Waals surface area (Å²) in [5.74, 6) is 1.68. The minimum absolute atomic E-state index is 0.0606. The van der Waals surface area contributed by atoms with Crippen molar-refractivity contribution in [3.8, 4) is 5.75 Å². The van der Waals surface area contributed by atoms with Crippen molar-refractivity contribution in [2.24, 2.45) is 11.3 Å². The van der Waals surface area contributed by atoms with E-state index >= 15 is 0 Å². The second kappa shape index (κ2) is 7.64. The average molecular weight is 415 g/mol. The summed E-state index contributed by atoms with van der Waals surface area (Å²) in [6.07, 6.45) is 4.91. The van der Waals surface area contributed by atoms with E-state index in [1.165, 1.54) is 16.3 Å². The Kier molecular flexibility index (Phi) is 6.34. The van der Waals surface area contributed by atoms with E-state index in [2.05, 4.69) is 98.6 Å². The Labute approximate surface area is 176 Å². The Morgan fingerprint density at radius 2 is 1.57 bits per heavy atom. The van der Waals surface area contributed by atoms with Crippen LogP contribution >= 0.6 is 0 Å². The van der Waals surface area contributed by atoms with E-state index in [1.54, 1.807) is 10.8 Å². The van der Waals surface area contributed by atoms with Crippen LogP contribution in [0.25, 0.3) is 0 Å². The van der Waals surface area contributed by atoms with Crippen LogP contribution in [0.4, 0.5) is 0 Å². The predicted octanol–water partition coefficient (Wildman–Crippen LogP) is 6.38. The van der Waals surface area contributed by atoms with Crippen LogP contribution in [0.3, 0.4) is 0 Å². The van der Waals surface area contributed by atoms with Gasteiger partial charge >= 0.3 is 0 Å². The molecule has 156 valence electrons. The number of benzene rings is 1. The van der Waals surface area contributed by atoms with Gasteiger partial charge in [-0.3, -0.25) is 0 Å². The fourth-order valence-corrected chi connectivity index (χ4v) is 8.70. The van der Waals surface area contributed by atoms with Gasteiger partial charge < -0.3 is 4.74 Å². The van der Waals surface area contributed by atoms with Crippen molar-refractivity contribution in [3.63, 3.8) is 0 Å². The van der Waals surface area contributed by atoms with Crippen molar-refractivity contribution in [3.05, 3.63) is 46.2 Å². The van der Waals surface area contributed by atoms with Crippen LogP contribution in [0.5, 0.6) is 5.75 Å². The van der Waals surface area contributed by atoms with Crippen molar-refractivity contribution in [1.82, 2.24) is 0 Å². The summed E-state index contributed by atoms with van der Waals surface area (Å²) in [6, 6.07) is 4.73. The topological polar surface area (TPSA) is 9.23 Å². The smallest absolute Gasteiger partial charge is 0.122 e. The molecule has 1 aliphatic carbocycles. The Hall–Kier alpha value is -1.07. The molecule has 2 rings (SSSR count). The molecular formula is C25H42OSi2. The van der Waals surface area contributed by atoms with Crippen LogP contribution in [0.2, 0.25) is 32.7 Å². The van der Waals surface area contributed by atoms with Crippen molar-refractivity contribution in [1.29, 1.82) is 0 Å². The summed E-state index contributed by atoms with van der Waals surface area (Å²) in [5.41, 5.74) is 4.45. The minimum Gasteiger partial charge on any atom is -0.497 e. The molecule has 0 bridgehead atoms. The number of allylic oxidation sites excluding steroid dienone is 4. The standard InChI is InChI=1S/C25H42OSi2/c1-17-15-20(22(26-7)21(16-17)28(10,11)12)25(5,6)19-14-13-18(24(2,3)4)23(19)27(8)9/h13-16,18,27H,1-12H3. The fourth-order valence-electron chi connectivity index (χ4n) is 4.71. The minimum atomic E-state index is -1.51. The molecule has 0 aromatic heterocycles. The van der Waals surface area contributed by atoms with Crippen molar-refractivity contribution in [2.45, 2.75) is 79.7 Å². The molecular weight excluding hydrogens is 372 g/mol. The summed E-state index contributed by atoms with van der Waals surface area (Å²) in [4.78, 5) is 0. The molecule has 1 nitrogen and oxygen atoms in total. The predicted molar refractivity (Wildman–Crippen MR) is 132 cm³/mol. The lowest BCUT2D eigenvalue weighted by atomic mass is 9.75. The zero-order chi connectivity index (χ0) is 21.7. The highest BCUT2D eigenvalue weighted by atomic mass is 28.3. The van der Waals surface area contributed by atoms with Crippen molar-refractivity contribution < 1.29 is 4.74 Å². The van der Waals surface area contributed by atoms with Gasteiger partial charge in [0.2, 0.25) is 0 Å². The van der Waals surface area contributed by atoms with Gasteiger partial charge in [0.05, 0.1) is 24.0 Å². The lowest BCUT2D eigenvalue weighted by Gasteiger charge is -2.36. The van der Waals surface area contributed by atoms with Crippen molar-refractivity contribution >= 4 is 22.1 Å². The largest absolute Gasteiger partial charge is 0.497 e. The first-order valence-corrected chi connectivity index (χ1v) is 17.1. The maximum Gasteiger partial charge on any atom is 0.122 e. The van der Waals surface area contributed by atoms with Crippen LogP contribution in [-0.4, -0.2) is 24.0 Å². The number of rotatable bonds is 5. The molecule has 28 heavy (non-hydrogen) atoms. The molecule has 1 unspecified atom stereocenters. The highest BCUT2D eigenvalue weighted by molar-refractivity contribution is 6.89. The third kappa shape index (κ3) is 4.26. The molecule has 0 saturated carbocycles. The molecule has 0 spiro atoms. The van der Waals surface area contributed by atoms with E-state index in [9.17, 15) is 0 Å². The molecule has 0 amide bonds. The summed E-state index contributed by atoms with van der Waals surface area (Å²) in [6.45, 7) is 26.4. The maximum absolute atomic E-state index is 6.09. The number of methoxy groups -OCH3 is 1. The van der Waals surface area contributed by atoms with E-state index in [1.807, 2.05) is 7.11 Å². The molecule has 0 N–H and O–H groups in total. The zero-order valence-corrected chi connectivity index (χ0v) is 22.5. The summed E-state index contributed by atoms with van der Waals surface area (Å²) >= 11 is 0. The van der Waals surface area contributed by atoms with E-state index in [4.69, 9.17) is 4.74 Å². The Bertz CT molecular complexity index is 799. The van der Waals surface area contributed by atoms with Gasteiger partial charge in [0.1, 0.15) is 5.75 Å². The molecule has 1 aromatic carbocycles. The average Bonchev–Trinajstić information content (AvgIpc) is 2.99. The van der Waals surface area contributed by atoms with Gasteiger partial charge in [-0.1, -0.05) is 102 Å². The molecule has 1 aromatic rings. The van der Waals surface area contributed by atoms with Crippen molar-refractivity contribution in [2.75, 3.05) is 7.11 Å². The van der Waals surface area contributed by atoms with E-state index in [0.717, 1.165) is 5.75 Å². The molecule has 1 aliphatic rings. The Morgan fingerprint density at radius 1 is 1.00 bits per heavy atom. The lowest BCUT2D eigenvalue weighted by Crippen LogP contribution is -2.40. The Balaban J connectivity index is 2.79. The van der Waals surface area contributed by atoms with Crippen LogP contribution < -0.4 is 9.92 Å². The van der Waals surface area contributed by atoms with Gasteiger partial charge in [0.25, 0.3) is 0 Å².